The summed E-state index contributed by atoms with van der Waals surface area (Å²) >= 11 is 1.57. The number of thioether (sulfide) groups is 1. The Balaban J connectivity index is 2.27. The van der Waals surface area contributed by atoms with Crippen LogP contribution >= 0.6 is 11.8 Å². The van der Waals surface area contributed by atoms with E-state index in [1.807, 2.05) is 6.26 Å². The summed E-state index contributed by atoms with van der Waals surface area (Å²) in [5.41, 5.74) is 0.281. The largest absolute Gasteiger partial charge is 0.355 e. The molecule has 0 aromatic heterocycles. The summed E-state index contributed by atoms with van der Waals surface area (Å²) in [5, 5.41) is 3.00. The average molecular weight is 216 g/mol. The Morgan fingerprint density at radius 2 is 2.36 bits per heavy atom. The fraction of sp³-hybridized carbons (Fsp3) is 0.900. The third-order valence-corrected chi connectivity index (χ3v) is 3.29. The average Bonchev–Trinajstić information content (AvgIpc) is 2.45. The van der Waals surface area contributed by atoms with Crippen LogP contribution in [0.15, 0.2) is 0 Å². The van der Waals surface area contributed by atoms with E-state index in [1.165, 1.54) is 6.42 Å². The number of likely N-dealkylation sites (tertiary alicyclic amines) is 1. The van der Waals surface area contributed by atoms with Crippen LogP contribution in [-0.2, 0) is 4.79 Å². The van der Waals surface area contributed by atoms with Gasteiger partial charge in [-0.3, -0.25) is 4.79 Å². The maximum atomic E-state index is 11.3. The molecule has 1 saturated heterocycles. The zero-order valence-corrected chi connectivity index (χ0v) is 10.1. The molecular weight excluding hydrogens is 196 g/mol. The smallest absolute Gasteiger partial charge is 0.230 e. The third-order valence-electron chi connectivity index (χ3n) is 2.74. The van der Waals surface area contributed by atoms with Crippen LogP contribution in [0.2, 0.25) is 0 Å². The topological polar surface area (TPSA) is 32.3 Å². The summed E-state index contributed by atoms with van der Waals surface area (Å²) in [5.74, 6) is 0.736. The minimum Gasteiger partial charge on any atom is -0.355 e. The lowest BCUT2D eigenvalue weighted by molar-refractivity contribution is -0.119. The van der Waals surface area contributed by atoms with Gasteiger partial charge in [-0.2, -0.15) is 11.8 Å². The van der Waals surface area contributed by atoms with E-state index in [2.05, 4.69) is 24.2 Å². The molecule has 1 atom stereocenters. The molecule has 1 aliphatic rings. The molecule has 82 valence electrons. The van der Waals surface area contributed by atoms with Crippen LogP contribution < -0.4 is 5.32 Å². The standard InChI is InChI=1S/C10H20N2OS/c1-10(4-5-12(2)8-10)7-11-9(13)6-14-3/h4-8H2,1-3H3,(H,11,13). The second kappa shape index (κ2) is 5.03. The number of amides is 1. The highest BCUT2D eigenvalue weighted by Gasteiger charge is 2.31. The Hall–Kier alpha value is -0.220. The van der Waals surface area contributed by atoms with Crippen LogP contribution in [0.3, 0.4) is 0 Å². The fourth-order valence-electron chi connectivity index (χ4n) is 1.91. The Morgan fingerprint density at radius 1 is 1.64 bits per heavy atom. The Kier molecular flexibility index (Phi) is 4.26. The maximum Gasteiger partial charge on any atom is 0.230 e. The first-order chi connectivity index (χ1) is 6.56. The van der Waals surface area contributed by atoms with E-state index in [0.717, 1.165) is 19.6 Å². The first-order valence-electron chi connectivity index (χ1n) is 5.00. The van der Waals surface area contributed by atoms with E-state index >= 15 is 0 Å². The molecule has 0 aliphatic carbocycles. The first kappa shape index (κ1) is 11.9. The van der Waals surface area contributed by atoms with Crippen molar-refractivity contribution in [2.24, 2.45) is 5.41 Å². The predicted octanol–water partition coefficient (Wildman–Crippen LogP) is 0.807. The molecule has 0 saturated carbocycles. The number of hydrogen-bond acceptors (Lipinski definition) is 3. The quantitative estimate of drug-likeness (QED) is 0.755. The summed E-state index contributed by atoms with van der Waals surface area (Å²) in [6.45, 7) is 5.30. The van der Waals surface area contributed by atoms with Crippen molar-refractivity contribution < 1.29 is 4.79 Å². The van der Waals surface area contributed by atoms with E-state index in [4.69, 9.17) is 0 Å². The van der Waals surface area contributed by atoms with Gasteiger partial charge < -0.3 is 10.2 Å². The molecule has 1 aliphatic heterocycles. The molecule has 3 nitrogen and oxygen atoms in total. The van der Waals surface area contributed by atoms with Crippen LogP contribution in [-0.4, -0.2) is 49.5 Å². The molecular formula is C10H20N2OS. The third kappa shape index (κ3) is 3.50. The van der Waals surface area contributed by atoms with Gasteiger partial charge in [0.25, 0.3) is 0 Å². The van der Waals surface area contributed by atoms with Gasteiger partial charge >= 0.3 is 0 Å². The van der Waals surface area contributed by atoms with Gasteiger partial charge in [-0.15, -0.1) is 0 Å². The molecule has 0 aromatic carbocycles. The van der Waals surface area contributed by atoms with Crippen LogP contribution in [0, 0.1) is 5.41 Å². The molecule has 1 rings (SSSR count). The van der Waals surface area contributed by atoms with Crippen LogP contribution in [0.1, 0.15) is 13.3 Å². The minimum atomic E-state index is 0.160. The highest BCUT2D eigenvalue weighted by Crippen LogP contribution is 2.27. The predicted molar refractivity (Wildman–Crippen MR) is 61.6 cm³/mol. The van der Waals surface area contributed by atoms with Crippen LogP contribution in [0.5, 0.6) is 0 Å². The highest BCUT2D eigenvalue weighted by atomic mass is 32.2. The summed E-state index contributed by atoms with van der Waals surface area (Å²) < 4.78 is 0. The van der Waals surface area contributed by atoms with Gasteiger partial charge in [0.15, 0.2) is 0 Å². The molecule has 1 heterocycles. The van der Waals surface area contributed by atoms with Gasteiger partial charge in [0.1, 0.15) is 0 Å². The van der Waals surface area contributed by atoms with Crippen molar-refractivity contribution in [3.8, 4) is 0 Å². The van der Waals surface area contributed by atoms with E-state index in [-0.39, 0.29) is 11.3 Å². The first-order valence-corrected chi connectivity index (χ1v) is 6.39. The highest BCUT2D eigenvalue weighted by molar-refractivity contribution is 7.99. The van der Waals surface area contributed by atoms with Crippen molar-refractivity contribution in [3.63, 3.8) is 0 Å². The molecule has 1 unspecified atom stereocenters. The number of rotatable bonds is 4. The molecule has 1 N–H and O–H groups in total. The summed E-state index contributed by atoms with van der Waals surface area (Å²) in [7, 11) is 2.13. The molecule has 0 spiro atoms. The van der Waals surface area contributed by atoms with Crippen LogP contribution in [0.25, 0.3) is 0 Å². The Morgan fingerprint density at radius 3 is 2.86 bits per heavy atom. The summed E-state index contributed by atoms with van der Waals surface area (Å²) in [6.07, 6.45) is 3.13. The van der Waals surface area contributed by atoms with Crippen LogP contribution in [0.4, 0.5) is 0 Å². The molecule has 1 amide bonds. The zero-order chi connectivity index (χ0) is 10.6. The monoisotopic (exact) mass is 216 g/mol. The lowest BCUT2D eigenvalue weighted by atomic mass is 9.90. The van der Waals surface area contributed by atoms with Crippen molar-refractivity contribution in [2.75, 3.05) is 38.7 Å². The van der Waals surface area contributed by atoms with Gasteiger partial charge in [0.05, 0.1) is 5.75 Å². The molecule has 1 fully saturated rings. The minimum absolute atomic E-state index is 0.160. The maximum absolute atomic E-state index is 11.3. The van der Waals surface area contributed by atoms with Gasteiger partial charge in [-0.05, 0) is 31.7 Å². The zero-order valence-electron chi connectivity index (χ0n) is 9.30. The molecule has 14 heavy (non-hydrogen) atoms. The normalized spacial score (nSPS) is 27.9. The SMILES string of the molecule is CSCC(=O)NCC1(C)CCN(C)C1. The van der Waals surface area contributed by atoms with E-state index < -0.39 is 0 Å². The van der Waals surface area contributed by atoms with Crippen molar-refractivity contribution in [2.45, 2.75) is 13.3 Å². The lowest BCUT2D eigenvalue weighted by Crippen LogP contribution is -2.38. The van der Waals surface area contributed by atoms with Gasteiger partial charge in [0, 0.05) is 13.1 Å². The van der Waals surface area contributed by atoms with Gasteiger partial charge in [-0.25, -0.2) is 0 Å². The second-order valence-electron chi connectivity index (χ2n) is 4.51. The summed E-state index contributed by atoms with van der Waals surface area (Å²) in [6, 6.07) is 0. The Labute approximate surface area is 90.6 Å². The number of carbonyl (C=O) groups is 1. The molecule has 0 bridgehead atoms. The second-order valence-corrected chi connectivity index (χ2v) is 5.37. The number of nitrogens with zero attached hydrogens (tertiary/aromatic N) is 1. The molecule has 0 radical (unpaired) electrons. The number of nitrogens with one attached hydrogen (secondary N) is 1. The summed E-state index contributed by atoms with van der Waals surface area (Å²) in [4.78, 5) is 13.6. The number of carbonyl (C=O) groups excluding carboxylic acids is 1. The fourth-order valence-corrected chi connectivity index (χ4v) is 2.27. The Bertz CT molecular complexity index is 210. The van der Waals surface area contributed by atoms with E-state index in [0.29, 0.717) is 5.75 Å². The van der Waals surface area contributed by atoms with Gasteiger partial charge in [0.2, 0.25) is 5.91 Å². The lowest BCUT2D eigenvalue weighted by Gasteiger charge is -2.23. The van der Waals surface area contributed by atoms with Crippen molar-refractivity contribution >= 4 is 17.7 Å². The van der Waals surface area contributed by atoms with E-state index in [9.17, 15) is 4.79 Å². The molecule has 0 aromatic rings. The van der Waals surface area contributed by atoms with Crippen molar-refractivity contribution in [3.05, 3.63) is 0 Å². The number of hydrogen-bond donors (Lipinski definition) is 1. The van der Waals surface area contributed by atoms with Crippen molar-refractivity contribution in [1.82, 2.24) is 10.2 Å². The van der Waals surface area contributed by atoms with E-state index in [1.54, 1.807) is 11.8 Å². The van der Waals surface area contributed by atoms with Crippen molar-refractivity contribution in [1.29, 1.82) is 0 Å². The van der Waals surface area contributed by atoms with Gasteiger partial charge in [-0.1, -0.05) is 6.92 Å². The molecule has 4 heteroatoms.